The van der Waals surface area contributed by atoms with Crippen LogP contribution in [0.15, 0.2) is 21.6 Å². The number of hydrogen-bond donors (Lipinski definition) is 1. The highest BCUT2D eigenvalue weighted by atomic mass is 32.2. The minimum Gasteiger partial charge on any atom is -0.447 e. The van der Waals surface area contributed by atoms with Gasteiger partial charge in [0.25, 0.3) is 10.0 Å². The molecule has 1 aromatic heterocycles. The van der Waals surface area contributed by atoms with E-state index in [-0.39, 0.29) is 5.09 Å². The lowest BCUT2D eigenvalue weighted by Gasteiger charge is -2.19. The Bertz CT molecular complexity index is 541. The number of sulfonamides is 1. The summed E-state index contributed by atoms with van der Waals surface area (Å²) in [5.41, 5.74) is 0. The molecule has 0 amide bonds. The van der Waals surface area contributed by atoms with E-state index in [1.807, 2.05) is 0 Å². The number of rotatable bonds is 6. The zero-order chi connectivity index (χ0) is 14.8. The first-order valence-corrected chi connectivity index (χ1v) is 8.25. The second-order valence-corrected chi connectivity index (χ2v) is 7.43. The van der Waals surface area contributed by atoms with Crippen molar-refractivity contribution in [2.24, 2.45) is 5.92 Å². The highest BCUT2D eigenvalue weighted by Crippen LogP contribution is 2.21. The van der Waals surface area contributed by atoms with Gasteiger partial charge in [-0.05, 0) is 45.1 Å². The van der Waals surface area contributed by atoms with E-state index in [0.717, 1.165) is 19.5 Å². The smallest absolute Gasteiger partial charge is 0.276 e. The fourth-order valence-corrected chi connectivity index (χ4v) is 3.72. The van der Waals surface area contributed by atoms with Crippen molar-refractivity contribution >= 4 is 10.0 Å². The monoisotopic (exact) mass is 301 g/mol. The summed E-state index contributed by atoms with van der Waals surface area (Å²) in [5.74, 6) is 1.02. The van der Waals surface area contributed by atoms with E-state index in [2.05, 4.69) is 17.3 Å². The SMILES string of the molecule is CNCc1ccc(S(=O)(=O)N(C)CC2CCN(C)C2)o1. The average Bonchev–Trinajstić information content (AvgIpc) is 2.99. The lowest BCUT2D eigenvalue weighted by molar-refractivity contribution is 0.343. The Hall–Kier alpha value is -0.890. The van der Waals surface area contributed by atoms with Crippen LogP contribution < -0.4 is 5.32 Å². The number of furan rings is 1. The van der Waals surface area contributed by atoms with Crippen molar-refractivity contribution < 1.29 is 12.8 Å². The zero-order valence-corrected chi connectivity index (χ0v) is 13.1. The van der Waals surface area contributed by atoms with Crippen LogP contribution in [-0.2, 0) is 16.6 Å². The van der Waals surface area contributed by atoms with Crippen molar-refractivity contribution in [2.75, 3.05) is 40.8 Å². The van der Waals surface area contributed by atoms with Crippen LogP contribution in [-0.4, -0.2) is 58.4 Å². The fraction of sp³-hybridized carbons (Fsp3) is 0.692. The van der Waals surface area contributed by atoms with Gasteiger partial charge in [-0.25, -0.2) is 8.42 Å². The van der Waals surface area contributed by atoms with Crippen LogP contribution in [0.2, 0.25) is 0 Å². The van der Waals surface area contributed by atoms with Crippen LogP contribution in [0.4, 0.5) is 0 Å². The van der Waals surface area contributed by atoms with Crippen LogP contribution in [0.25, 0.3) is 0 Å². The maximum absolute atomic E-state index is 12.4. The first-order valence-electron chi connectivity index (χ1n) is 6.81. The van der Waals surface area contributed by atoms with Crippen LogP contribution in [0.1, 0.15) is 12.2 Å². The molecule has 6 nitrogen and oxygen atoms in total. The first-order chi connectivity index (χ1) is 9.43. The maximum Gasteiger partial charge on any atom is 0.276 e. The quantitative estimate of drug-likeness (QED) is 0.832. The molecule has 1 unspecified atom stereocenters. The van der Waals surface area contributed by atoms with Gasteiger partial charge in [0.1, 0.15) is 5.76 Å². The van der Waals surface area contributed by atoms with Gasteiger partial charge in [-0.3, -0.25) is 0 Å². The number of nitrogens with one attached hydrogen (secondary N) is 1. The van der Waals surface area contributed by atoms with E-state index < -0.39 is 10.0 Å². The first kappa shape index (κ1) is 15.5. The van der Waals surface area contributed by atoms with Gasteiger partial charge >= 0.3 is 0 Å². The van der Waals surface area contributed by atoms with Crippen molar-refractivity contribution in [3.8, 4) is 0 Å². The molecule has 2 rings (SSSR count). The van der Waals surface area contributed by atoms with E-state index in [1.165, 1.54) is 10.4 Å². The lowest BCUT2D eigenvalue weighted by Crippen LogP contribution is -2.32. The summed E-state index contributed by atoms with van der Waals surface area (Å²) in [6, 6.07) is 3.22. The highest BCUT2D eigenvalue weighted by molar-refractivity contribution is 7.89. The summed E-state index contributed by atoms with van der Waals surface area (Å²) in [4.78, 5) is 2.23. The standard InChI is InChI=1S/C13H23N3O3S/c1-14-8-12-4-5-13(19-12)20(17,18)16(3)10-11-6-7-15(2)9-11/h4-5,11,14H,6-10H2,1-3H3. The Morgan fingerprint density at radius 1 is 1.50 bits per heavy atom. The topological polar surface area (TPSA) is 65.8 Å². The molecular weight excluding hydrogens is 278 g/mol. The molecule has 2 heterocycles. The van der Waals surface area contributed by atoms with Crippen molar-refractivity contribution in [1.82, 2.24) is 14.5 Å². The molecule has 1 aliphatic heterocycles. The molecule has 1 saturated heterocycles. The number of nitrogens with zero attached hydrogens (tertiary/aromatic N) is 2. The lowest BCUT2D eigenvalue weighted by atomic mass is 10.1. The van der Waals surface area contributed by atoms with E-state index in [9.17, 15) is 8.42 Å². The molecule has 114 valence electrons. The molecule has 1 fully saturated rings. The van der Waals surface area contributed by atoms with Gasteiger partial charge in [-0.1, -0.05) is 0 Å². The Labute approximate surface area is 120 Å². The highest BCUT2D eigenvalue weighted by Gasteiger charge is 2.29. The van der Waals surface area contributed by atoms with Crippen LogP contribution >= 0.6 is 0 Å². The maximum atomic E-state index is 12.4. The molecular formula is C13H23N3O3S. The fourth-order valence-electron chi connectivity index (χ4n) is 2.56. The minimum absolute atomic E-state index is 0.0246. The third-order valence-corrected chi connectivity index (χ3v) is 5.35. The molecule has 1 aliphatic rings. The molecule has 0 bridgehead atoms. The summed E-state index contributed by atoms with van der Waals surface area (Å²) >= 11 is 0. The van der Waals surface area contributed by atoms with Crippen LogP contribution in [0.5, 0.6) is 0 Å². The Morgan fingerprint density at radius 3 is 2.85 bits per heavy atom. The van der Waals surface area contributed by atoms with Gasteiger partial charge in [-0.2, -0.15) is 4.31 Å². The van der Waals surface area contributed by atoms with E-state index in [4.69, 9.17) is 4.42 Å². The largest absolute Gasteiger partial charge is 0.447 e. The minimum atomic E-state index is -3.52. The molecule has 0 aromatic carbocycles. The summed E-state index contributed by atoms with van der Waals surface area (Å²) in [6.07, 6.45) is 1.04. The van der Waals surface area contributed by atoms with Crippen LogP contribution in [0.3, 0.4) is 0 Å². The second-order valence-electron chi connectivity index (χ2n) is 5.45. The summed E-state index contributed by atoms with van der Waals surface area (Å²) < 4.78 is 31.6. The molecule has 0 saturated carbocycles. The van der Waals surface area contributed by atoms with Crippen molar-refractivity contribution in [2.45, 2.75) is 18.1 Å². The molecule has 1 atom stereocenters. The molecule has 1 aromatic rings. The van der Waals surface area contributed by atoms with Gasteiger partial charge < -0.3 is 14.6 Å². The van der Waals surface area contributed by atoms with Crippen molar-refractivity contribution in [3.05, 3.63) is 17.9 Å². The number of likely N-dealkylation sites (tertiary alicyclic amines) is 1. The second kappa shape index (κ2) is 6.26. The van der Waals surface area contributed by atoms with E-state index >= 15 is 0 Å². The molecule has 20 heavy (non-hydrogen) atoms. The molecule has 7 heteroatoms. The normalized spacial score (nSPS) is 20.9. The predicted octanol–water partition coefficient (Wildman–Crippen LogP) is 0.571. The van der Waals surface area contributed by atoms with Gasteiger partial charge in [0.05, 0.1) is 6.54 Å². The zero-order valence-electron chi connectivity index (χ0n) is 12.3. The Morgan fingerprint density at radius 2 is 2.25 bits per heavy atom. The van der Waals surface area contributed by atoms with Gasteiger partial charge in [-0.15, -0.1) is 0 Å². The summed E-state index contributed by atoms with van der Waals surface area (Å²) in [7, 11) is 1.95. The third kappa shape index (κ3) is 3.41. The molecule has 0 radical (unpaired) electrons. The summed E-state index contributed by atoms with van der Waals surface area (Å²) in [6.45, 7) is 3.04. The number of hydrogen-bond acceptors (Lipinski definition) is 5. The Balaban J connectivity index is 2.04. The molecule has 0 aliphatic carbocycles. The van der Waals surface area contributed by atoms with E-state index in [1.54, 1.807) is 20.2 Å². The average molecular weight is 301 g/mol. The summed E-state index contributed by atoms with van der Waals surface area (Å²) in [5, 5.41) is 2.96. The Kier molecular flexibility index (Phi) is 4.85. The molecule has 0 spiro atoms. The van der Waals surface area contributed by atoms with Gasteiger partial charge in [0.15, 0.2) is 0 Å². The predicted molar refractivity (Wildman–Crippen MR) is 76.9 cm³/mol. The third-order valence-electron chi connectivity index (χ3n) is 3.66. The van der Waals surface area contributed by atoms with Crippen LogP contribution in [0, 0.1) is 5.92 Å². The molecule has 1 N–H and O–H groups in total. The van der Waals surface area contributed by atoms with Gasteiger partial charge in [0.2, 0.25) is 5.09 Å². The van der Waals surface area contributed by atoms with Gasteiger partial charge in [0, 0.05) is 20.1 Å². The van der Waals surface area contributed by atoms with Crippen molar-refractivity contribution in [1.29, 1.82) is 0 Å². The van der Waals surface area contributed by atoms with Crippen molar-refractivity contribution in [3.63, 3.8) is 0 Å². The van der Waals surface area contributed by atoms with E-state index in [0.29, 0.717) is 24.8 Å².